The van der Waals surface area contributed by atoms with Crippen molar-refractivity contribution in [3.05, 3.63) is 29.8 Å². The van der Waals surface area contributed by atoms with E-state index < -0.39 is 54.5 Å². The zero-order valence-corrected chi connectivity index (χ0v) is 21.0. The van der Waals surface area contributed by atoms with Crippen LogP contribution in [0.4, 0.5) is 0 Å². The molecule has 0 aliphatic carbocycles. The second-order valence-corrected chi connectivity index (χ2v) is 9.58. The molecule has 0 heterocycles. The molecule has 0 radical (unpaired) electrons. The molecule has 12 heteroatoms. The van der Waals surface area contributed by atoms with E-state index in [2.05, 4.69) is 16.0 Å². The van der Waals surface area contributed by atoms with E-state index in [1.807, 2.05) is 20.1 Å². The van der Waals surface area contributed by atoms with Crippen molar-refractivity contribution in [2.24, 2.45) is 11.7 Å². The molecular formula is C23H36N4O7S. The molecule has 0 saturated heterocycles. The Bertz CT molecular complexity index is 851. The van der Waals surface area contributed by atoms with Gasteiger partial charge in [0.1, 0.15) is 23.9 Å². The highest BCUT2D eigenvalue weighted by molar-refractivity contribution is 7.98. The minimum absolute atomic E-state index is 0.0280. The Morgan fingerprint density at radius 3 is 2.00 bits per heavy atom. The normalized spacial score (nSPS) is 14.5. The number of nitrogens with one attached hydrogen (secondary N) is 3. The molecule has 0 fully saturated rings. The summed E-state index contributed by atoms with van der Waals surface area (Å²) in [6.45, 7) is 3.08. The zero-order valence-electron chi connectivity index (χ0n) is 20.2. The summed E-state index contributed by atoms with van der Waals surface area (Å²) in [6, 6.07) is 1.37. The molecule has 4 unspecified atom stereocenters. The third kappa shape index (κ3) is 11.0. The highest BCUT2D eigenvalue weighted by Gasteiger charge is 2.30. The maximum atomic E-state index is 12.9. The second-order valence-electron chi connectivity index (χ2n) is 8.59. The first-order valence-electron chi connectivity index (χ1n) is 11.3. The zero-order chi connectivity index (χ0) is 26.5. The molecule has 0 aromatic heterocycles. The van der Waals surface area contributed by atoms with Gasteiger partial charge in [0.05, 0.1) is 12.6 Å². The fourth-order valence-corrected chi connectivity index (χ4v) is 3.68. The molecule has 1 rings (SSSR count). The van der Waals surface area contributed by atoms with Crippen molar-refractivity contribution < 1.29 is 34.5 Å². The molecule has 35 heavy (non-hydrogen) atoms. The molecule has 196 valence electrons. The molecule has 0 bridgehead atoms. The number of rotatable bonds is 15. The molecule has 0 saturated carbocycles. The van der Waals surface area contributed by atoms with Crippen molar-refractivity contribution in [1.29, 1.82) is 0 Å². The number of aliphatic carboxylic acids is 1. The number of thioether (sulfide) groups is 1. The molecule has 1 aromatic rings. The Labute approximate surface area is 209 Å². The number of aromatic hydroxyl groups is 1. The van der Waals surface area contributed by atoms with Crippen LogP contribution in [0.15, 0.2) is 24.3 Å². The Morgan fingerprint density at radius 1 is 0.943 bits per heavy atom. The van der Waals surface area contributed by atoms with Gasteiger partial charge in [0.15, 0.2) is 0 Å². The highest BCUT2D eigenvalue weighted by atomic mass is 32.2. The quantitative estimate of drug-likeness (QED) is 0.164. The molecule has 8 N–H and O–H groups in total. The maximum Gasteiger partial charge on any atom is 0.326 e. The summed E-state index contributed by atoms with van der Waals surface area (Å²) < 4.78 is 0. The standard InChI is InChI=1S/C23H36N4O7S/c1-13(2)10-16(24)20(30)27-19(12-28)22(32)25-17(8-9-35-3)21(31)26-18(23(33)34)11-14-4-6-15(29)7-5-14/h4-7,13,16-19,28-29H,8-12,24H2,1-3H3,(H,25,32)(H,26,31)(H,27,30)(H,33,34). The van der Waals surface area contributed by atoms with Gasteiger partial charge < -0.3 is 37.0 Å². The Balaban J connectivity index is 2.88. The van der Waals surface area contributed by atoms with Gasteiger partial charge in [-0.25, -0.2) is 4.79 Å². The minimum atomic E-state index is -1.32. The van der Waals surface area contributed by atoms with E-state index in [0.29, 0.717) is 17.7 Å². The summed E-state index contributed by atoms with van der Waals surface area (Å²) in [5.74, 6) is -2.69. The van der Waals surface area contributed by atoms with Gasteiger partial charge in [-0.2, -0.15) is 11.8 Å². The predicted octanol–water partition coefficient (Wildman–Crippen LogP) is -0.407. The van der Waals surface area contributed by atoms with Gasteiger partial charge in [0.25, 0.3) is 0 Å². The third-order valence-corrected chi connectivity index (χ3v) is 5.76. The van der Waals surface area contributed by atoms with E-state index in [1.165, 1.54) is 23.9 Å². The lowest BCUT2D eigenvalue weighted by molar-refractivity contribution is -0.142. The van der Waals surface area contributed by atoms with Gasteiger partial charge in [-0.1, -0.05) is 26.0 Å². The summed E-state index contributed by atoms with van der Waals surface area (Å²) in [5, 5.41) is 35.9. The molecule has 11 nitrogen and oxygen atoms in total. The molecule has 0 aliphatic heterocycles. The number of carboxylic acids is 1. The number of carbonyl (C=O) groups excluding carboxylic acids is 3. The molecule has 0 spiro atoms. The van der Waals surface area contributed by atoms with E-state index in [-0.39, 0.29) is 24.5 Å². The second kappa shape index (κ2) is 15.2. The number of phenols is 1. The highest BCUT2D eigenvalue weighted by Crippen LogP contribution is 2.12. The fourth-order valence-electron chi connectivity index (χ4n) is 3.20. The summed E-state index contributed by atoms with van der Waals surface area (Å²) in [5.41, 5.74) is 6.41. The Morgan fingerprint density at radius 2 is 1.49 bits per heavy atom. The van der Waals surface area contributed by atoms with Gasteiger partial charge in [-0.3, -0.25) is 14.4 Å². The Hall–Kier alpha value is -2.83. The lowest BCUT2D eigenvalue weighted by atomic mass is 10.0. The van der Waals surface area contributed by atoms with Gasteiger partial charge >= 0.3 is 5.97 Å². The Kier molecular flexibility index (Phi) is 13.1. The minimum Gasteiger partial charge on any atom is -0.508 e. The van der Waals surface area contributed by atoms with Crippen LogP contribution in [0.5, 0.6) is 5.75 Å². The summed E-state index contributed by atoms with van der Waals surface area (Å²) in [6.07, 6.45) is 2.37. The third-order valence-electron chi connectivity index (χ3n) is 5.11. The van der Waals surface area contributed by atoms with Crippen LogP contribution in [0, 0.1) is 5.92 Å². The summed E-state index contributed by atoms with van der Waals surface area (Å²) >= 11 is 1.43. The topological polar surface area (TPSA) is 191 Å². The molecule has 4 atom stereocenters. The largest absolute Gasteiger partial charge is 0.508 e. The lowest BCUT2D eigenvalue weighted by Gasteiger charge is -2.24. The van der Waals surface area contributed by atoms with Crippen LogP contribution in [-0.2, 0) is 25.6 Å². The lowest BCUT2D eigenvalue weighted by Crippen LogP contribution is -2.58. The number of phenolic OH excluding ortho intramolecular Hbond substituents is 1. The van der Waals surface area contributed by atoms with Gasteiger partial charge in [-0.15, -0.1) is 0 Å². The molecular weight excluding hydrogens is 476 g/mol. The number of aliphatic hydroxyl groups is 1. The smallest absolute Gasteiger partial charge is 0.326 e. The molecule has 0 aliphatic rings. The fraction of sp³-hybridized carbons (Fsp3) is 0.565. The molecule has 3 amide bonds. The summed E-state index contributed by atoms with van der Waals surface area (Å²) in [7, 11) is 0. The van der Waals surface area contributed by atoms with E-state index in [9.17, 15) is 34.5 Å². The van der Waals surface area contributed by atoms with Crippen molar-refractivity contribution in [3.63, 3.8) is 0 Å². The van der Waals surface area contributed by atoms with Crippen LogP contribution in [0.2, 0.25) is 0 Å². The van der Waals surface area contributed by atoms with Crippen LogP contribution in [-0.4, -0.2) is 81.8 Å². The average Bonchev–Trinajstić information content (AvgIpc) is 2.79. The number of amides is 3. The van der Waals surface area contributed by atoms with Crippen molar-refractivity contribution in [1.82, 2.24) is 16.0 Å². The first-order valence-corrected chi connectivity index (χ1v) is 12.6. The SMILES string of the molecule is CSCCC(NC(=O)C(CO)NC(=O)C(N)CC(C)C)C(=O)NC(Cc1ccc(O)cc1)C(=O)O. The number of carboxylic acid groups (broad SMARTS) is 1. The van der Waals surface area contributed by atoms with E-state index in [0.717, 1.165) is 0 Å². The summed E-state index contributed by atoms with van der Waals surface area (Å²) in [4.78, 5) is 49.6. The average molecular weight is 513 g/mol. The van der Waals surface area contributed by atoms with Crippen molar-refractivity contribution in [2.45, 2.75) is 57.3 Å². The number of nitrogens with two attached hydrogens (primary N) is 1. The van der Waals surface area contributed by atoms with Crippen LogP contribution in [0.3, 0.4) is 0 Å². The van der Waals surface area contributed by atoms with Crippen LogP contribution < -0.4 is 21.7 Å². The van der Waals surface area contributed by atoms with Crippen molar-refractivity contribution in [3.8, 4) is 5.75 Å². The number of hydrogen-bond acceptors (Lipinski definition) is 8. The number of hydrogen-bond donors (Lipinski definition) is 7. The van der Waals surface area contributed by atoms with E-state index in [1.54, 1.807) is 12.1 Å². The van der Waals surface area contributed by atoms with Gasteiger partial charge in [0.2, 0.25) is 17.7 Å². The van der Waals surface area contributed by atoms with Crippen LogP contribution in [0.1, 0.15) is 32.3 Å². The first kappa shape index (κ1) is 30.2. The number of benzene rings is 1. The number of carbonyl (C=O) groups is 4. The molecule has 1 aromatic carbocycles. The van der Waals surface area contributed by atoms with E-state index >= 15 is 0 Å². The van der Waals surface area contributed by atoms with E-state index in [4.69, 9.17) is 5.73 Å². The van der Waals surface area contributed by atoms with Gasteiger partial charge in [-0.05, 0) is 48.5 Å². The number of aliphatic hydroxyl groups excluding tert-OH is 1. The van der Waals surface area contributed by atoms with Crippen molar-refractivity contribution in [2.75, 3.05) is 18.6 Å². The predicted molar refractivity (Wildman–Crippen MR) is 133 cm³/mol. The van der Waals surface area contributed by atoms with Crippen molar-refractivity contribution >= 4 is 35.5 Å². The van der Waals surface area contributed by atoms with Crippen LogP contribution in [0.25, 0.3) is 0 Å². The van der Waals surface area contributed by atoms with Gasteiger partial charge in [0, 0.05) is 6.42 Å². The monoisotopic (exact) mass is 512 g/mol. The maximum absolute atomic E-state index is 12.9. The van der Waals surface area contributed by atoms with Crippen LogP contribution >= 0.6 is 11.8 Å². The first-order chi connectivity index (χ1) is 16.5.